The van der Waals surface area contributed by atoms with Crippen molar-refractivity contribution in [1.29, 1.82) is 10.5 Å². The Morgan fingerprint density at radius 3 is 2.48 bits per heavy atom. The summed E-state index contributed by atoms with van der Waals surface area (Å²) in [5, 5.41) is 18.9. The molecule has 1 aliphatic heterocycles. The van der Waals surface area contributed by atoms with E-state index in [1.165, 1.54) is 6.08 Å². The number of carbonyl (C=O) groups is 1. The predicted molar refractivity (Wildman–Crippen MR) is 127 cm³/mol. The quantitative estimate of drug-likeness (QED) is 0.418. The molecule has 0 aliphatic carbocycles. The SMILES string of the molecule is C=Cn1c(C(=O)OC(C)(C)C2=C(C#N)/C(=C/C#N)C(C)(C)O2)cc(CC)c1-c1ccccc1. The predicted octanol–water partition coefficient (Wildman–Crippen LogP) is 5.79. The molecule has 2 aromatic rings. The van der Waals surface area contributed by atoms with E-state index in [9.17, 15) is 10.1 Å². The highest BCUT2D eigenvalue weighted by Crippen LogP contribution is 2.44. The largest absolute Gasteiger partial charge is 0.482 e. The fourth-order valence-electron chi connectivity index (χ4n) is 4.08. The number of nitrogens with zero attached hydrogens (tertiary/aromatic N) is 3. The van der Waals surface area contributed by atoms with Gasteiger partial charge in [-0.2, -0.15) is 10.5 Å². The average Bonchev–Trinajstić information content (AvgIpc) is 3.29. The van der Waals surface area contributed by atoms with Gasteiger partial charge in [0.2, 0.25) is 0 Å². The van der Waals surface area contributed by atoms with E-state index in [2.05, 4.69) is 12.6 Å². The molecule has 0 saturated heterocycles. The van der Waals surface area contributed by atoms with Crippen LogP contribution in [-0.4, -0.2) is 21.7 Å². The van der Waals surface area contributed by atoms with E-state index in [1.54, 1.807) is 38.5 Å². The summed E-state index contributed by atoms with van der Waals surface area (Å²) in [5.41, 5.74) is 1.69. The summed E-state index contributed by atoms with van der Waals surface area (Å²) in [4.78, 5) is 13.4. The third-order valence-corrected chi connectivity index (χ3v) is 5.65. The summed E-state index contributed by atoms with van der Waals surface area (Å²) in [6.45, 7) is 12.8. The van der Waals surface area contributed by atoms with E-state index in [0.29, 0.717) is 11.3 Å². The summed E-state index contributed by atoms with van der Waals surface area (Å²) in [7, 11) is 0. The van der Waals surface area contributed by atoms with Gasteiger partial charge in [0.1, 0.15) is 22.9 Å². The molecule has 0 bridgehead atoms. The lowest BCUT2D eigenvalue weighted by atomic mass is 9.92. The summed E-state index contributed by atoms with van der Waals surface area (Å²) in [5.74, 6) is -0.346. The van der Waals surface area contributed by atoms with Gasteiger partial charge in [-0.15, -0.1) is 0 Å². The average molecular weight is 442 g/mol. The highest BCUT2D eigenvalue weighted by atomic mass is 16.6. The van der Waals surface area contributed by atoms with E-state index in [1.807, 2.05) is 49.4 Å². The van der Waals surface area contributed by atoms with Gasteiger partial charge < -0.3 is 14.0 Å². The number of rotatable bonds is 6. The standard InChI is InChI=1S/C27H27N3O3/c1-7-18-16-22(30(8-2)23(18)19-12-10-9-11-13-19)25(31)33-27(5,6)24-20(17-29)21(14-15-28)26(3,4)32-24/h8-14,16H,2,7H2,1,3-6H3/b21-14-. The Bertz CT molecular complexity index is 1250. The van der Waals surface area contributed by atoms with Gasteiger partial charge in [-0.05, 0) is 51.3 Å². The molecule has 168 valence electrons. The number of aromatic nitrogens is 1. The number of carbonyl (C=O) groups excluding carboxylic acids is 1. The monoisotopic (exact) mass is 441 g/mol. The second-order valence-electron chi connectivity index (χ2n) is 8.69. The molecule has 1 aromatic heterocycles. The van der Waals surface area contributed by atoms with E-state index >= 15 is 0 Å². The van der Waals surface area contributed by atoms with Crippen LogP contribution in [-0.2, 0) is 15.9 Å². The fraction of sp³-hybridized carbons (Fsp3) is 0.296. The van der Waals surface area contributed by atoms with Crippen LogP contribution in [0.25, 0.3) is 17.5 Å². The summed E-state index contributed by atoms with van der Waals surface area (Å²) >= 11 is 0. The first-order valence-electron chi connectivity index (χ1n) is 10.7. The number of hydrogen-bond acceptors (Lipinski definition) is 5. The lowest BCUT2D eigenvalue weighted by Gasteiger charge is -2.29. The molecule has 2 heterocycles. The molecule has 1 aromatic carbocycles. The summed E-state index contributed by atoms with van der Waals surface area (Å²) in [6.07, 6.45) is 3.61. The Kier molecular flexibility index (Phi) is 6.33. The van der Waals surface area contributed by atoms with E-state index in [0.717, 1.165) is 23.2 Å². The summed E-state index contributed by atoms with van der Waals surface area (Å²) < 4.78 is 13.7. The Morgan fingerprint density at radius 1 is 1.27 bits per heavy atom. The second-order valence-corrected chi connectivity index (χ2v) is 8.69. The first kappa shape index (κ1) is 23.6. The lowest BCUT2D eigenvalue weighted by Crippen LogP contribution is -2.33. The van der Waals surface area contributed by atoms with Crippen molar-refractivity contribution in [2.24, 2.45) is 0 Å². The van der Waals surface area contributed by atoms with Gasteiger partial charge in [0.25, 0.3) is 0 Å². The van der Waals surface area contributed by atoms with Crippen molar-refractivity contribution in [3.05, 3.63) is 77.2 Å². The van der Waals surface area contributed by atoms with Crippen molar-refractivity contribution in [2.75, 3.05) is 0 Å². The zero-order chi connectivity index (χ0) is 24.4. The zero-order valence-electron chi connectivity index (χ0n) is 19.6. The minimum absolute atomic E-state index is 0.206. The number of allylic oxidation sites excluding steroid dienone is 1. The highest BCUT2D eigenvalue weighted by molar-refractivity contribution is 5.92. The number of ether oxygens (including phenoxy) is 2. The molecule has 0 saturated carbocycles. The van der Waals surface area contributed by atoms with Gasteiger partial charge in [-0.3, -0.25) is 0 Å². The molecule has 6 nitrogen and oxygen atoms in total. The van der Waals surface area contributed by atoms with Gasteiger partial charge in [0.15, 0.2) is 11.4 Å². The topological polar surface area (TPSA) is 88.0 Å². The minimum atomic E-state index is -1.25. The Hall–Kier alpha value is -4.03. The van der Waals surface area contributed by atoms with Crippen LogP contribution >= 0.6 is 0 Å². The highest BCUT2D eigenvalue weighted by Gasteiger charge is 2.46. The van der Waals surface area contributed by atoms with Crippen LogP contribution in [0.15, 0.2) is 66.0 Å². The molecule has 0 N–H and O–H groups in total. The second kappa shape index (κ2) is 8.84. The first-order valence-corrected chi connectivity index (χ1v) is 10.7. The normalized spacial score (nSPS) is 16.2. The van der Waals surface area contributed by atoms with Crippen LogP contribution in [0, 0.1) is 22.7 Å². The summed E-state index contributed by atoms with van der Waals surface area (Å²) in [6, 6.07) is 15.7. The lowest BCUT2D eigenvalue weighted by molar-refractivity contribution is -0.0299. The molecule has 0 radical (unpaired) electrons. The maximum atomic E-state index is 13.4. The van der Waals surface area contributed by atoms with Crippen molar-refractivity contribution in [2.45, 2.75) is 52.2 Å². The van der Waals surface area contributed by atoms with E-state index in [-0.39, 0.29) is 11.3 Å². The van der Waals surface area contributed by atoms with Gasteiger partial charge >= 0.3 is 5.97 Å². The molecule has 33 heavy (non-hydrogen) atoms. The Labute approximate surface area is 194 Å². The Morgan fingerprint density at radius 2 is 1.94 bits per heavy atom. The van der Waals surface area contributed by atoms with Crippen LogP contribution in [0.2, 0.25) is 0 Å². The van der Waals surface area contributed by atoms with Crippen molar-refractivity contribution in [3.8, 4) is 23.4 Å². The van der Waals surface area contributed by atoms with Crippen LogP contribution in [0.1, 0.15) is 50.7 Å². The third-order valence-electron chi connectivity index (χ3n) is 5.65. The van der Waals surface area contributed by atoms with Crippen LogP contribution in [0.3, 0.4) is 0 Å². The van der Waals surface area contributed by atoms with Crippen molar-refractivity contribution in [1.82, 2.24) is 4.57 Å². The van der Waals surface area contributed by atoms with Gasteiger partial charge in [0, 0.05) is 17.8 Å². The number of nitriles is 2. The first-order chi connectivity index (χ1) is 15.6. The third kappa shape index (κ3) is 4.21. The van der Waals surface area contributed by atoms with Gasteiger partial charge in [-0.25, -0.2) is 4.79 Å². The minimum Gasteiger partial charge on any atom is -0.482 e. The number of benzene rings is 1. The zero-order valence-corrected chi connectivity index (χ0v) is 19.6. The number of aryl methyl sites for hydroxylation is 1. The van der Waals surface area contributed by atoms with Crippen LogP contribution in [0.4, 0.5) is 0 Å². The van der Waals surface area contributed by atoms with Crippen molar-refractivity contribution >= 4 is 12.2 Å². The maximum Gasteiger partial charge on any atom is 0.356 e. The smallest absolute Gasteiger partial charge is 0.356 e. The van der Waals surface area contributed by atoms with Crippen LogP contribution < -0.4 is 0 Å². The molecular weight excluding hydrogens is 414 g/mol. The van der Waals surface area contributed by atoms with Crippen molar-refractivity contribution < 1.29 is 14.3 Å². The molecule has 1 aliphatic rings. The molecule has 0 unspecified atom stereocenters. The molecular formula is C27H27N3O3. The molecule has 0 fully saturated rings. The Balaban J connectivity index is 2.04. The van der Waals surface area contributed by atoms with Gasteiger partial charge in [0.05, 0.1) is 11.8 Å². The van der Waals surface area contributed by atoms with Crippen molar-refractivity contribution in [3.63, 3.8) is 0 Å². The molecule has 0 spiro atoms. The fourth-order valence-corrected chi connectivity index (χ4v) is 4.08. The van der Waals surface area contributed by atoms with Gasteiger partial charge in [-0.1, -0.05) is 43.8 Å². The molecule has 6 heteroatoms. The number of esters is 1. The molecule has 3 rings (SSSR count). The molecule has 0 atom stereocenters. The molecule has 0 amide bonds. The van der Waals surface area contributed by atoms with E-state index in [4.69, 9.17) is 14.7 Å². The van der Waals surface area contributed by atoms with E-state index < -0.39 is 17.2 Å². The maximum absolute atomic E-state index is 13.4. The van der Waals surface area contributed by atoms with Crippen LogP contribution in [0.5, 0.6) is 0 Å². The number of hydrogen-bond donors (Lipinski definition) is 0.